The lowest BCUT2D eigenvalue weighted by atomic mass is 9.73. The molecule has 1 aromatic carbocycles. The van der Waals surface area contributed by atoms with E-state index >= 15 is 0 Å². The number of amides is 2. The third-order valence-corrected chi connectivity index (χ3v) is 6.51. The number of carbonyl (C=O) groups is 2. The Morgan fingerprint density at radius 3 is 2.58 bits per heavy atom. The quantitative estimate of drug-likeness (QED) is 0.450. The molecule has 3 N–H and O–H groups in total. The van der Waals surface area contributed by atoms with Crippen LogP contribution >= 0.6 is 12.4 Å². The van der Waals surface area contributed by atoms with Gasteiger partial charge in [-0.1, -0.05) is 44.2 Å². The minimum absolute atomic E-state index is 0. The van der Waals surface area contributed by atoms with Crippen molar-refractivity contribution in [1.29, 1.82) is 0 Å². The highest BCUT2D eigenvalue weighted by molar-refractivity contribution is 5.85. The van der Waals surface area contributed by atoms with Gasteiger partial charge in [0, 0.05) is 39.2 Å². The summed E-state index contributed by atoms with van der Waals surface area (Å²) in [6.45, 7) is 10.1. The molecule has 0 spiro atoms. The summed E-state index contributed by atoms with van der Waals surface area (Å²) in [4.78, 5) is 26.9. The molecule has 2 rings (SSSR count). The summed E-state index contributed by atoms with van der Waals surface area (Å²) in [5.74, 6) is 0.330. The zero-order valence-corrected chi connectivity index (χ0v) is 20.0. The number of nitrogens with zero attached hydrogens (tertiary/aromatic N) is 1. The number of carbonyl (C=O) groups excluding carboxylic acids is 2. The zero-order chi connectivity index (χ0) is 22.0. The lowest BCUT2D eigenvalue weighted by Gasteiger charge is -2.44. The molecular formula is C24H40ClN3O3. The highest BCUT2D eigenvalue weighted by Gasteiger charge is 2.37. The fourth-order valence-electron chi connectivity index (χ4n) is 4.10. The van der Waals surface area contributed by atoms with Gasteiger partial charge < -0.3 is 20.6 Å². The number of nitrogens with one attached hydrogen (secondary N) is 2. The first kappa shape index (κ1) is 27.4. The molecule has 1 aliphatic rings. The molecule has 0 aromatic heterocycles. The van der Waals surface area contributed by atoms with E-state index < -0.39 is 0 Å². The maximum atomic E-state index is 13.0. The highest BCUT2D eigenvalue weighted by atomic mass is 35.5. The standard InChI is InChI=1S/C24H39N3O3.ClH/c1-4-25-22(29)11-8-13-26-23(30)21(15-20-9-6-5-7-10-20)17-27-14-12-24(3,18-28)19(2)16-27;/h5-7,9-10,19,21,28H,4,8,11-18H2,1-3H3,(H,25,29)(H,26,30);1H. The van der Waals surface area contributed by atoms with Crippen LogP contribution in [0.2, 0.25) is 0 Å². The Balaban J connectivity index is 0.00000480. The molecule has 31 heavy (non-hydrogen) atoms. The topological polar surface area (TPSA) is 81.7 Å². The molecule has 3 unspecified atom stereocenters. The molecule has 0 bridgehead atoms. The average Bonchev–Trinajstić information content (AvgIpc) is 2.74. The Morgan fingerprint density at radius 1 is 1.26 bits per heavy atom. The molecule has 3 atom stereocenters. The number of hydrogen-bond acceptors (Lipinski definition) is 4. The van der Waals surface area contributed by atoms with E-state index in [1.54, 1.807) is 0 Å². The first-order chi connectivity index (χ1) is 14.4. The minimum atomic E-state index is -0.137. The maximum Gasteiger partial charge on any atom is 0.224 e. The van der Waals surface area contributed by atoms with Crippen molar-refractivity contribution in [2.75, 3.05) is 39.3 Å². The average molecular weight is 454 g/mol. The van der Waals surface area contributed by atoms with Crippen molar-refractivity contribution in [3.8, 4) is 0 Å². The van der Waals surface area contributed by atoms with Crippen LogP contribution in [-0.2, 0) is 16.0 Å². The first-order valence-electron chi connectivity index (χ1n) is 11.3. The van der Waals surface area contributed by atoms with Crippen molar-refractivity contribution in [3.63, 3.8) is 0 Å². The molecule has 0 radical (unpaired) electrons. The van der Waals surface area contributed by atoms with E-state index in [0.29, 0.717) is 44.8 Å². The number of aliphatic hydroxyl groups is 1. The molecule has 1 aliphatic heterocycles. The summed E-state index contributed by atoms with van der Waals surface area (Å²) >= 11 is 0. The fourth-order valence-corrected chi connectivity index (χ4v) is 4.10. The van der Waals surface area contributed by atoms with Crippen molar-refractivity contribution in [3.05, 3.63) is 35.9 Å². The summed E-state index contributed by atoms with van der Waals surface area (Å²) in [7, 11) is 0. The van der Waals surface area contributed by atoms with E-state index in [2.05, 4.69) is 41.5 Å². The smallest absolute Gasteiger partial charge is 0.224 e. The summed E-state index contributed by atoms with van der Waals surface area (Å²) < 4.78 is 0. The van der Waals surface area contributed by atoms with Crippen molar-refractivity contribution in [2.24, 2.45) is 17.3 Å². The predicted molar refractivity (Wildman–Crippen MR) is 127 cm³/mol. The van der Waals surface area contributed by atoms with Crippen LogP contribution in [-0.4, -0.2) is 61.2 Å². The van der Waals surface area contributed by atoms with Crippen LogP contribution < -0.4 is 10.6 Å². The van der Waals surface area contributed by atoms with E-state index in [9.17, 15) is 14.7 Å². The van der Waals surface area contributed by atoms with Crippen molar-refractivity contribution in [1.82, 2.24) is 15.5 Å². The normalized spacial score (nSPS) is 22.3. The number of hydrogen-bond donors (Lipinski definition) is 3. The number of benzene rings is 1. The summed E-state index contributed by atoms with van der Waals surface area (Å²) in [5, 5.41) is 15.6. The Hall–Kier alpha value is -1.63. The third-order valence-electron chi connectivity index (χ3n) is 6.51. The fraction of sp³-hybridized carbons (Fsp3) is 0.667. The van der Waals surface area contributed by atoms with Crippen molar-refractivity contribution < 1.29 is 14.7 Å². The Kier molecular flexibility index (Phi) is 12.1. The van der Waals surface area contributed by atoms with Gasteiger partial charge in [0.1, 0.15) is 0 Å². The molecule has 1 saturated heterocycles. The summed E-state index contributed by atoms with van der Waals surface area (Å²) in [6.07, 6.45) is 2.72. The van der Waals surface area contributed by atoms with Gasteiger partial charge in [0.15, 0.2) is 0 Å². The molecule has 7 heteroatoms. The second-order valence-electron chi connectivity index (χ2n) is 8.96. The molecule has 6 nitrogen and oxygen atoms in total. The van der Waals surface area contributed by atoms with Crippen LogP contribution in [0, 0.1) is 17.3 Å². The summed E-state index contributed by atoms with van der Waals surface area (Å²) in [5.41, 5.74) is 1.12. The van der Waals surface area contributed by atoms with E-state index in [0.717, 1.165) is 25.1 Å². The first-order valence-corrected chi connectivity index (χ1v) is 11.3. The van der Waals surface area contributed by atoms with Gasteiger partial charge in [-0.15, -0.1) is 12.4 Å². The molecular weight excluding hydrogens is 414 g/mol. The van der Waals surface area contributed by atoms with Crippen LogP contribution in [0.3, 0.4) is 0 Å². The van der Waals surface area contributed by atoms with Gasteiger partial charge in [-0.3, -0.25) is 9.59 Å². The van der Waals surface area contributed by atoms with E-state index in [4.69, 9.17) is 0 Å². The van der Waals surface area contributed by atoms with Gasteiger partial charge in [0.05, 0.1) is 5.92 Å². The number of piperidine rings is 1. The molecule has 176 valence electrons. The van der Waals surface area contributed by atoms with Crippen LogP contribution in [0.5, 0.6) is 0 Å². The third kappa shape index (κ3) is 8.79. The van der Waals surface area contributed by atoms with Gasteiger partial charge >= 0.3 is 0 Å². The highest BCUT2D eigenvalue weighted by Crippen LogP contribution is 2.35. The number of rotatable bonds is 11. The number of halogens is 1. The van der Waals surface area contributed by atoms with E-state index in [1.165, 1.54) is 0 Å². The Morgan fingerprint density at radius 2 is 1.97 bits per heavy atom. The lowest BCUT2D eigenvalue weighted by molar-refractivity contribution is -0.126. The zero-order valence-electron chi connectivity index (χ0n) is 19.2. The van der Waals surface area contributed by atoms with Gasteiger partial charge in [-0.2, -0.15) is 0 Å². The largest absolute Gasteiger partial charge is 0.396 e. The van der Waals surface area contributed by atoms with Gasteiger partial charge in [-0.05, 0) is 49.6 Å². The van der Waals surface area contributed by atoms with E-state index in [-0.39, 0.29) is 42.2 Å². The van der Waals surface area contributed by atoms with Crippen LogP contribution in [0.15, 0.2) is 30.3 Å². The minimum Gasteiger partial charge on any atom is -0.396 e. The molecule has 1 fully saturated rings. The maximum absolute atomic E-state index is 13.0. The summed E-state index contributed by atoms with van der Waals surface area (Å²) in [6, 6.07) is 10.1. The Bertz CT molecular complexity index is 673. The van der Waals surface area contributed by atoms with Gasteiger partial charge in [0.25, 0.3) is 0 Å². The molecule has 0 saturated carbocycles. The lowest BCUT2D eigenvalue weighted by Crippen LogP contribution is -2.49. The molecule has 2 amide bonds. The Labute approximate surface area is 193 Å². The molecule has 1 aromatic rings. The van der Waals surface area contributed by atoms with Gasteiger partial charge in [0.2, 0.25) is 11.8 Å². The molecule has 0 aliphatic carbocycles. The van der Waals surface area contributed by atoms with Crippen molar-refractivity contribution in [2.45, 2.75) is 46.5 Å². The monoisotopic (exact) mass is 453 g/mol. The second kappa shape index (κ2) is 13.7. The second-order valence-corrected chi connectivity index (χ2v) is 8.96. The predicted octanol–water partition coefficient (Wildman–Crippen LogP) is 2.64. The van der Waals surface area contributed by atoms with Crippen molar-refractivity contribution >= 4 is 24.2 Å². The van der Waals surface area contributed by atoms with Crippen LogP contribution in [0.4, 0.5) is 0 Å². The molecule has 1 heterocycles. The van der Waals surface area contributed by atoms with Crippen LogP contribution in [0.25, 0.3) is 0 Å². The van der Waals surface area contributed by atoms with E-state index in [1.807, 2.05) is 25.1 Å². The SMILES string of the molecule is CCNC(=O)CCCNC(=O)C(Cc1ccccc1)CN1CCC(C)(CO)C(C)C1.Cl. The van der Waals surface area contributed by atoms with Gasteiger partial charge in [-0.25, -0.2) is 0 Å². The van der Waals surface area contributed by atoms with Crippen LogP contribution in [0.1, 0.15) is 45.6 Å². The number of likely N-dealkylation sites (tertiary alicyclic amines) is 1. The number of aliphatic hydroxyl groups excluding tert-OH is 1.